The number of carbonyl (C=O) groups is 3. The number of non-ortho nitro benzene ring substituents is 1. The summed E-state index contributed by atoms with van der Waals surface area (Å²) < 4.78 is 5.36. The number of fused-ring (bicyclic) bond motifs is 5. The molecule has 4 atom stereocenters. The number of nitro groups is 1. The van der Waals surface area contributed by atoms with Crippen LogP contribution in [0, 0.1) is 22.0 Å². The monoisotopic (exact) mass is 529 g/mol. The molecule has 2 saturated heterocycles. The maximum atomic E-state index is 14.1. The van der Waals surface area contributed by atoms with Gasteiger partial charge >= 0.3 is 0 Å². The number of nitrogens with zero attached hydrogens (tertiary/aromatic N) is 3. The first kappa shape index (κ1) is 23.9. The largest absolute Gasteiger partial charge is 0.495 e. The molecule has 3 aromatic rings. The van der Waals surface area contributed by atoms with E-state index < -0.39 is 40.7 Å². The van der Waals surface area contributed by atoms with E-state index in [2.05, 4.69) is 0 Å². The molecule has 0 unspecified atom stereocenters. The van der Waals surface area contributed by atoms with Crippen molar-refractivity contribution >= 4 is 46.6 Å². The van der Waals surface area contributed by atoms with Gasteiger partial charge in [0.15, 0.2) is 5.78 Å². The van der Waals surface area contributed by atoms with Gasteiger partial charge in [0.2, 0.25) is 11.8 Å². The highest BCUT2D eigenvalue weighted by molar-refractivity contribution is 6.30. The zero-order valence-corrected chi connectivity index (χ0v) is 20.7. The summed E-state index contributed by atoms with van der Waals surface area (Å²) in [5.41, 5.74) is 1.76. The van der Waals surface area contributed by atoms with E-state index in [9.17, 15) is 24.5 Å². The van der Waals surface area contributed by atoms with Gasteiger partial charge < -0.3 is 9.64 Å². The number of imide groups is 1. The van der Waals surface area contributed by atoms with Gasteiger partial charge in [-0.15, -0.1) is 0 Å². The van der Waals surface area contributed by atoms with Crippen molar-refractivity contribution in [2.75, 3.05) is 12.0 Å². The van der Waals surface area contributed by atoms with Gasteiger partial charge in [0.05, 0.1) is 29.9 Å². The van der Waals surface area contributed by atoms with E-state index in [1.807, 2.05) is 30.3 Å². The molecule has 10 heteroatoms. The lowest BCUT2D eigenvalue weighted by atomic mass is 9.83. The average molecular weight is 530 g/mol. The number of ketones is 1. The molecule has 38 heavy (non-hydrogen) atoms. The normalized spacial score (nSPS) is 23.2. The van der Waals surface area contributed by atoms with Gasteiger partial charge in [-0.25, -0.2) is 4.90 Å². The molecule has 190 valence electrons. The standard InChI is InChI=1S/C28H20ClN3O6/c1-38-21-11-10-18(32(36)37)14-20(21)31-27(34)22-23(28(31)35)25(26(33)16-6-8-17(29)9-7-16)30-13-12-15-4-2-3-5-19(15)24(22)30/h2-14,22-25H,1H3/t22-,23-,24+,25+/m1/s1. The predicted molar refractivity (Wildman–Crippen MR) is 139 cm³/mol. The van der Waals surface area contributed by atoms with Gasteiger partial charge in [0.1, 0.15) is 17.5 Å². The third-order valence-corrected chi connectivity index (χ3v) is 7.73. The van der Waals surface area contributed by atoms with Gasteiger partial charge in [-0.3, -0.25) is 24.5 Å². The van der Waals surface area contributed by atoms with Crippen molar-refractivity contribution in [2.24, 2.45) is 11.8 Å². The average Bonchev–Trinajstić information content (AvgIpc) is 3.40. The summed E-state index contributed by atoms with van der Waals surface area (Å²) in [5.74, 6) is -3.23. The summed E-state index contributed by atoms with van der Waals surface area (Å²) in [5, 5.41) is 11.9. The Bertz CT molecular complexity index is 1550. The van der Waals surface area contributed by atoms with Gasteiger partial charge in [-0.1, -0.05) is 35.9 Å². The van der Waals surface area contributed by atoms with E-state index in [1.165, 1.54) is 19.2 Å². The predicted octanol–water partition coefficient (Wildman–Crippen LogP) is 4.66. The molecular weight excluding hydrogens is 510 g/mol. The third-order valence-electron chi connectivity index (χ3n) is 7.47. The van der Waals surface area contributed by atoms with Crippen LogP contribution in [0.1, 0.15) is 27.5 Å². The molecule has 2 fully saturated rings. The second-order valence-corrected chi connectivity index (χ2v) is 9.77. The zero-order valence-electron chi connectivity index (χ0n) is 20.0. The number of ether oxygens (including phenoxy) is 1. The van der Waals surface area contributed by atoms with Crippen LogP contribution >= 0.6 is 11.6 Å². The fourth-order valence-electron chi connectivity index (χ4n) is 5.85. The van der Waals surface area contributed by atoms with Crippen molar-refractivity contribution in [2.45, 2.75) is 12.1 Å². The van der Waals surface area contributed by atoms with Crippen LogP contribution in [0.2, 0.25) is 5.02 Å². The number of halogens is 1. The molecule has 3 aliphatic rings. The third kappa shape index (κ3) is 3.42. The fourth-order valence-corrected chi connectivity index (χ4v) is 5.97. The van der Waals surface area contributed by atoms with Crippen LogP contribution in [0.4, 0.5) is 11.4 Å². The molecule has 9 nitrogen and oxygen atoms in total. The minimum atomic E-state index is -1.02. The van der Waals surface area contributed by atoms with E-state index in [0.29, 0.717) is 10.6 Å². The number of anilines is 1. The number of nitro benzene ring substituents is 1. The van der Waals surface area contributed by atoms with Crippen LogP contribution in [-0.4, -0.2) is 40.6 Å². The molecule has 6 rings (SSSR count). The Morgan fingerprint density at radius 2 is 1.71 bits per heavy atom. The number of hydrogen-bond acceptors (Lipinski definition) is 7. The Kier molecular flexibility index (Phi) is 5.53. The Balaban J connectivity index is 1.51. The summed E-state index contributed by atoms with van der Waals surface area (Å²) in [6.45, 7) is 0. The molecule has 0 N–H and O–H groups in total. The molecule has 0 spiro atoms. The van der Waals surface area contributed by atoms with Crippen molar-refractivity contribution in [3.8, 4) is 5.75 Å². The Morgan fingerprint density at radius 1 is 1.00 bits per heavy atom. The first-order chi connectivity index (χ1) is 18.3. The van der Waals surface area contributed by atoms with E-state index in [-0.39, 0.29) is 22.9 Å². The van der Waals surface area contributed by atoms with Crippen LogP contribution in [0.3, 0.4) is 0 Å². The Morgan fingerprint density at radius 3 is 2.42 bits per heavy atom. The smallest absolute Gasteiger partial charge is 0.271 e. The second kappa shape index (κ2) is 8.81. The zero-order chi connectivity index (χ0) is 26.7. The maximum Gasteiger partial charge on any atom is 0.271 e. The molecule has 0 bridgehead atoms. The molecule has 0 saturated carbocycles. The minimum absolute atomic E-state index is 0.0185. The maximum absolute atomic E-state index is 14.1. The Hall–Kier alpha value is -4.50. The summed E-state index contributed by atoms with van der Waals surface area (Å²) in [6, 6.07) is 16.1. The summed E-state index contributed by atoms with van der Waals surface area (Å²) in [6.07, 6.45) is 3.63. The van der Waals surface area contributed by atoms with Gasteiger partial charge in [-0.05, 0) is 47.5 Å². The number of Topliss-reactive ketones (excluding diaryl/α,β-unsaturated/α-hetero) is 1. The van der Waals surface area contributed by atoms with Crippen LogP contribution in [0.25, 0.3) is 6.08 Å². The highest BCUT2D eigenvalue weighted by atomic mass is 35.5. The molecule has 0 radical (unpaired) electrons. The molecule has 3 aromatic carbocycles. The van der Waals surface area contributed by atoms with E-state index >= 15 is 0 Å². The van der Waals surface area contributed by atoms with Crippen molar-refractivity contribution in [1.82, 2.24) is 4.90 Å². The van der Waals surface area contributed by atoms with Gasteiger partial charge in [0.25, 0.3) is 5.69 Å². The van der Waals surface area contributed by atoms with Gasteiger partial charge in [0, 0.05) is 28.9 Å². The van der Waals surface area contributed by atoms with Crippen LogP contribution in [0.15, 0.2) is 72.9 Å². The fraction of sp³-hybridized carbons (Fsp3) is 0.179. The number of carbonyl (C=O) groups excluding carboxylic acids is 3. The number of methoxy groups -OCH3 is 1. The van der Waals surface area contributed by atoms with Crippen LogP contribution in [0.5, 0.6) is 5.75 Å². The first-order valence-electron chi connectivity index (χ1n) is 11.9. The van der Waals surface area contributed by atoms with Crippen molar-refractivity contribution in [1.29, 1.82) is 0 Å². The minimum Gasteiger partial charge on any atom is -0.495 e. The van der Waals surface area contributed by atoms with E-state index in [4.69, 9.17) is 16.3 Å². The number of hydrogen-bond donors (Lipinski definition) is 0. The Labute approximate surface area is 222 Å². The van der Waals surface area contributed by atoms with E-state index in [0.717, 1.165) is 22.1 Å². The van der Waals surface area contributed by atoms with Crippen molar-refractivity contribution in [3.05, 3.63) is 105 Å². The van der Waals surface area contributed by atoms with Crippen LogP contribution in [-0.2, 0) is 9.59 Å². The van der Waals surface area contributed by atoms with Crippen LogP contribution < -0.4 is 9.64 Å². The molecular formula is C28H20ClN3O6. The van der Waals surface area contributed by atoms with Gasteiger partial charge in [-0.2, -0.15) is 0 Å². The molecule has 3 heterocycles. The molecule has 3 aliphatic heterocycles. The lowest BCUT2D eigenvalue weighted by Gasteiger charge is -2.35. The molecule has 0 aromatic heterocycles. The van der Waals surface area contributed by atoms with E-state index in [1.54, 1.807) is 35.4 Å². The number of benzene rings is 3. The number of amides is 2. The summed E-state index contributed by atoms with van der Waals surface area (Å²) >= 11 is 6.03. The highest BCUT2D eigenvalue weighted by Gasteiger charge is 2.64. The number of rotatable bonds is 5. The lowest BCUT2D eigenvalue weighted by Crippen LogP contribution is -2.44. The SMILES string of the molecule is COc1ccc([N+](=O)[O-])cc1N1C(=O)[C@@H]2[C@@H](C1=O)[C@@H]1c3ccccc3C=CN1[C@@H]2C(=O)c1ccc(Cl)cc1. The summed E-state index contributed by atoms with van der Waals surface area (Å²) in [4.78, 5) is 55.7. The summed E-state index contributed by atoms with van der Waals surface area (Å²) in [7, 11) is 1.35. The first-order valence-corrected chi connectivity index (χ1v) is 12.2. The second-order valence-electron chi connectivity index (χ2n) is 9.33. The molecule has 0 aliphatic carbocycles. The van der Waals surface area contributed by atoms with Crippen molar-refractivity contribution < 1.29 is 24.0 Å². The lowest BCUT2D eigenvalue weighted by molar-refractivity contribution is -0.384. The quantitative estimate of drug-likeness (QED) is 0.205. The molecule has 2 amide bonds. The highest BCUT2D eigenvalue weighted by Crippen LogP contribution is 2.54. The van der Waals surface area contributed by atoms with Crippen molar-refractivity contribution in [3.63, 3.8) is 0 Å². The topological polar surface area (TPSA) is 110 Å².